The Morgan fingerprint density at radius 1 is 1.73 bits per heavy atom. The van der Waals surface area contributed by atoms with Crippen LogP contribution >= 0.6 is 0 Å². The van der Waals surface area contributed by atoms with Crippen LogP contribution < -0.4 is 5.32 Å². The molecule has 1 fully saturated rings. The van der Waals surface area contributed by atoms with Gasteiger partial charge in [0.2, 0.25) is 0 Å². The van der Waals surface area contributed by atoms with E-state index in [9.17, 15) is 0 Å². The zero-order valence-corrected chi connectivity index (χ0v) is 5.95. The third kappa shape index (κ3) is 1.36. The second kappa shape index (κ2) is 2.94. The zero-order valence-electron chi connectivity index (χ0n) is 5.95. The molecule has 0 bridgehead atoms. The molecule has 1 aliphatic heterocycles. The number of ether oxygens (including phenoxy) is 1. The fourth-order valence-electron chi connectivity index (χ4n) is 1.03. The van der Waals surface area contributed by atoms with Gasteiger partial charge in [-0.2, -0.15) is 0 Å². The van der Waals surface area contributed by atoms with Crippen LogP contribution in [-0.2, 0) is 4.74 Å². The van der Waals surface area contributed by atoms with Gasteiger partial charge in [0.25, 0.3) is 0 Å². The number of nitrogens with one attached hydrogen (secondary N) is 1. The topological polar surface area (TPSA) is 47.0 Å². The number of nitrogens with zero attached hydrogens (tertiary/aromatic N) is 2. The molecule has 4 heteroatoms. The van der Waals surface area contributed by atoms with Crippen molar-refractivity contribution in [3.05, 3.63) is 24.3 Å². The Labute approximate surface area is 64.6 Å². The molecule has 1 aromatic rings. The second-order valence-electron chi connectivity index (χ2n) is 2.29. The Morgan fingerprint density at radius 2 is 2.73 bits per heavy atom. The summed E-state index contributed by atoms with van der Waals surface area (Å²) in [7, 11) is 0. The number of rotatable bonds is 1. The maximum Gasteiger partial charge on any atom is 0.198 e. The summed E-state index contributed by atoms with van der Waals surface area (Å²) in [5, 5.41) is 3.14. The predicted octanol–water partition coefficient (Wildman–Crippen LogP) is -0.105. The van der Waals surface area contributed by atoms with Crippen molar-refractivity contribution < 1.29 is 4.74 Å². The average Bonchev–Trinajstić information content (AvgIpc) is 2.58. The molecule has 1 atom stereocenters. The summed E-state index contributed by atoms with van der Waals surface area (Å²) in [6, 6.07) is 1.82. The maximum atomic E-state index is 5.32. The normalized spacial score (nSPS) is 23.8. The molecular weight excluding hydrogens is 142 g/mol. The lowest BCUT2D eigenvalue weighted by atomic mass is 10.4. The lowest BCUT2D eigenvalue weighted by Gasteiger charge is -2.06. The van der Waals surface area contributed by atoms with Crippen LogP contribution in [0, 0.1) is 6.33 Å². The van der Waals surface area contributed by atoms with Gasteiger partial charge in [0.05, 0.1) is 12.3 Å². The van der Waals surface area contributed by atoms with Gasteiger partial charge < -0.3 is 4.74 Å². The molecule has 57 valence electrons. The minimum Gasteiger partial charge on any atom is -0.356 e. The Hall–Kier alpha value is -1.00. The molecule has 1 radical (unpaired) electrons. The summed E-state index contributed by atoms with van der Waals surface area (Å²) in [5.41, 5.74) is 0.845. The fourth-order valence-corrected chi connectivity index (χ4v) is 1.03. The van der Waals surface area contributed by atoms with Crippen LogP contribution in [0.4, 0.5) is 0 Å². The van der Waals surface area contributed by atoms with Crippen LogP contribution in [0.15, 0.2) is 12.3 Å². The van der Waals surface area contributed by atoms with Crippen molar-refractivity contribution >= 4 is 0 Å². The largest absolute Gasteiger partial charge is 0.356 e. The van der Waals surface area contributed by atoms with E-state index in [1.54, 1.807) is 6.20 Å². The van der Waals surface area contributed by atoms with Crippen molar-refractivity contribution in [3.63, 3.8) is 0 Å². The molecule has 2 heterocycles. The van der Waals surface area contributed by atoms with E-state index < -0.39 is 0 Å². The highest BCUT2D eigenvalue weighted by Crippen LogP contribution is 2.13. The lowest BCUT2D eigenvalue weighted by molar-refractivity contribution is 0.0983. The molecule has 0 aromatic carbocycles. The van der Waals surface area contributed by atoms with Crippen molar-refractivity contribution in [3.8, 4) is 0 Å². The van der Waals surface area contributed by atoms with Gasteiger partial charge in [0.15, 0.2) is 12.6 Å². The van der Waals surface area contributed by atoms with Crippen LogP contribution in [0.25, 0.3) is 0 Å². The van der Waals surface area contributed by atoms with Gasteiger partial charge in [-0.1, -0.05) is 0 Å². The van der Waals surface area contributed by atoms with Crippen molar-refractivity contribution in [1.82, 2.24) is 15.3 Å². The summed E-state index contributed by atoms with van der Waals surface area (Å²) < 4.78 is 5.32. The van der Waals surface area contributed by atoms with Crippen LogP contribution in [0.3, 0.4) is 0 Å². The van der Waals surface area contributed by atoms with Gasteiger partial charge in [0, 0.05) is 12.7 Å². The molecule has 1 N–H and O–H groups in total. The van der Waals surface area contributed by atoms with Gasteiger partial charge in [-0.25, -0.2) is 9.97 Å². The molecular formula is C7H8N3O. The standard InChI is InChI=1S/C7H8N3O/c1-2-8-5-10-6(1)7-9-3-4-11-7/h1-2,7,9H,3-4H2. The Morgan fingerprint density at radius 3 is 3.36 bits per heavy atom. The molecule has 2 rings (SSSR count). The SMILES string of the molecule is [c]1nccc(C2NCCO2)n1. The van der Waals surface area contributed by atoms with E-state index in [-0.39, 0.29) is 6.23 Å². The molecule has 0 spiro atoms. The third-order valence-electron chi connectivity index (χ3n) is 1.54. The number of aromatic nitrogens is 2. The van der Waals surface area contributed by atoms with Crippen LogP contribution in [0.5, 0.6) is 0 Å². The van der Waals surface area contributed by atoms with Crippen LogP contribution in [0.2, 0.25) is 0 Å². The first-order chi connectivity index (χ1) is 5.47. The van der Waals surface area contributed by atoms with Gasteiger partial charge in [-0.15, -0.1) is 0 Å². The Bertz CT molecular complexity index is 220. The van der Waals surface area contributed by atoms with Crippen molar-refractivity contribution in [1.29, 1.82) is 0 Å². The minimum atomic E-state index is -0.0609. The minimum absolute atomic E-state index is 0.0609. The molecule has 1 saturated heterocycles. The summed E-state index contributed by atoms with van der Waals surface area (Å²) >= 11 is 0. The molecule has 1 aliphatic rings. The maximum absolute atomic E-state index is 5.32. The molecule has 4 nitrogen and oxygen atoms in total. The summed E-state index contributed by atoms with van der Waals surface area (Å²) in [4.78, 5) is 7.63. The summed E-state index contributed by atoms with van der Waals surface area (Å²) in [6.07, 6.45) is 4.12. The molecule has 1 unspecified atom stereocenters. The van der Waals surface area contributed by atoms with Gasteiger partial charge in [-0.3, -0.25) is 5.32 Å². The molecule has 11 heavy (non-hydrogen) atoms. The Kier molecular flexibility index (Phi) is 1.79. The van der Waals surface area contributed by atoms with Gasteiger partial charge >= 0.3 is 0 Å². The van der Waals surface area contributed by atoms with Crippen molar-refractivity contribution in [2.45, 2.75) is 6.23 Å². The smallest absolute Gasteiger partial charge is 0.198 e. The van der Waals surface area contributed by atoms with Crippen molar-refractivity contribution in [2.24, 2.45) is 0 Å². The van der Waals surface area contributed by atoms with E-state index in [1.165, 1.54) is 0 Å². The van der Waals surface area contributed by atoms with E-state index in [0.29, 0.717) is 0 Å². The Balaban J connectivity index is 2.16. The van der Waals surface area contributed by atoms with E-state index in [2.05, 4.69) is 21.6 Å². The zero-order chi connectivity index (χ0) is 7.52. The highest BCUT2D eigenvalue weighted by Gasteiger charge is 2.16. The molecule has 0 aliphatic carbocycles. The van der Waals surface area contributed by atoms with Crippen LogP contribution in [-0.4, -0.2) is 23.1 Å². The predicted molar refractivity (Wildman–Crippen MR) is 37.6 cm³/mol. The number of hydrogen-bond acceptors (Lipinski definition) is 4. The lowest BCUT2D eigenvalue weighted by Crippen LogP contribution is -2.15. The quantitative estimate of drug-likeness (QED) is 0.607. The summed E-state index contributed by atoms with van der Waals surface area (Å²) in [6.45, 7) is 1.63. The highest BCUT2D eigenvalue weighted by molar-refractivity contribution is 5.01. The van der Waals surface area contributed by atoms with Crippen molar-refractivity contribution in [2.75, 3.05) is 13.2 Å². The molecule has 0 saturated carbocycles. The first-order valence-corrected chi connectivity index (χ1v) is 3.51. The number of hydrogen-bond donors (Lipinski definition) is 1. The van der Waals surface area contributed by atoms with E-state index in [4.69, 9.17) is 4.74 Å². The fraction of sp³-hybridized carbons (Fsp3) is 0.429. The third-order valence-corrected chi connectivity index (χ3v) is 1.54. The highest BCUT2D eigenvalue weighted by atomic mass is 16.5. The van der Waals surface area contributed by atoms with E-state index in [1.807, 2.05) is 6.07 Å². The van der Waals surface area contributed by atoms with E-state index in [0.717, 1.165) is 18.8 Å². The van der Waals surface area contributed by atoms with E-state index >= 15 is 0 Å². The average molecular weight is 150 g/mol. The first-order valence-electron chi connectivity index (χ1n) is 3.51. The van der Waals surface area contributed by atoms with Crippen LogP contribution in [0.1, 0.15) is 11.9 Å². The molecule has 0 amide bonds. The second-order valence-corrected chi connectivity index (χ2v) is 2.29. The molecule has 1 aromatic heterocycles. The van der Waals surface area contributed by atoms with Gasteiger partial charge in [-0.05, 0) is 6.07 Å². The van der Waals surface area contributed by atoms with Gasteiger partial charge in [0.1, 0.15) is 0 Å². The monoisotopic (exact) mass is 150 g/mol. The summed E-state index contributed by atoms with van der Waals surface area (Å²) in [5.74, 6) is 0. The first kappa shape index (κ1) is 6.69.